The zero-order valence-corrected chi connectivity index (χ0v) is 15.8. The summed E-state index contributed by atoms with van der Waals surface area (Å²) in [6.07, 6.45) is -0.606. The lowest BCUT2D eigenvalue weighted by Crippen LogP contribution is -2.40. The van der Waals surface area contributed by atoms with Crippen molar-refractivity contribution in [2.75, 3.05) is 26.2 Å². The van der Waals surface area contributed by atoms with Gasteiger partial charge >= 0.3 is 6.09 Å². The summed E-state index contributed by atoms with van der Waals surface area (Å²) < 4.78 is 19.5. The fourth-order valence-electron chi connectivity index (χ4n) is 2.77. The zero-order chi connectivity index (χ0) is 19.5. The number of aliphatic hydroxyl groups is 1. The summed E-state index contributed by atoms with van der Waals surface area (Å²) in [5, 5.41) is 9.66. The second kappa shape index (κ2) is 8.03. The van der Waals surface area contributed by atoms with Gasteiger partial charge in [0.2, 0.25) is 0 Å². The van der Waals surface area contributed by atoms with Gasteiger partial charge in [-0.15, -0.1) is 0 Å². The predicted molar refractivity (Wildman–Crippen MR) is 95.4 cm³/mol. The highest BCUT2D eigenvalue weighted by molar-refractivity contribution is 5.94. The van der Waals surface area contributed by atoms with E-state index in [1.54, 1.807) is 32.6 Å². The van der Waals surface area contributed by atoms with E-state index in [1.165, 1.54) is 23.1 Å². The van der Waals surface area contributed by atoms with Gasteiger partial charge in [0.25, 0.3) is 5.91 Å². The molecule has 1 atom stereocenters. The van der Waals surface area contributed by atoms with Crippen LogP contribution < -0.4 is 0 Å². The number of hydrogen-bond donors (Lipinski definition) is 1. The first-order chi connectivity index (χ1) is 12.1. The van der Waals surface area contributed by atoms with Crippen molar-refractivity contribution in [3.63, 3.8) is 0 Å². The Morgan fingerprint density at radius 2 is 1.77 bits per heavy atom. The first-order valence-corrected chi connectivity index (χ1v) is 8.83. The van der Waals surface area contributed by atoms with E-state index in [-0.39, 0.29) is 5.56 Å². The minimum absolute atomic E-state index is 0.0610. The van der Waals surface area contributed by atoms with E-state index in [4.69, 9.17) is 4.74 Å². The number of carbonyl (C=O) groups is 2. The summed E-state index contributed by atoms with van der Waals surface area (Å²) in [6.45, 7) is 8.51. The summed E-state index contributed by atoms with van der Waals surface area (Å²) in [4.78, 5) is 28.0. The molecule has 2 rings (SSSR count). The molecular weight excluding hydrogens is 339 g/mol. The molecule has 0 radical (unpaired) electrons. The van der Waals surface area contributed by atoms with Crippen LogP contribution in [0.4, 0.5) is 9.18 Å². The van der Waals surface area contributed by atoms with Crippen molar-refractivity contribution in [1.29, 1.82) is 0 Å². The number of aliphatic hydroxyl groups excluding tert-OH is 1. The molecule has 0 aliphatic carbocycles. The Hall–Kier alpha value is -2.15. The van der Waals surface area contributed by atoms with Crippen molar-refractivity contribution in [2.45, 2.75) is 45.8 Å². The SMILES string of the molecule is CC(O)c1ccc(F)c(C(=O)N2CCCN(C(=O)OC(C)(C)C)CC2)c1. The van der Waals surface area contributed by atoms with Crippen LogP contribution in [0, 0.1) is 5.82 Å². The van der Waals surface area contributed by atoms with E-state index in [2.05, 4.69) is 0 Å². The third-order valence-electron chi connectivity index (χ3n) is 4.14. The third-order valence-corrected chi connectivity index (χ3v) is 4.14. The maximum atomic E-state index is 14.1. The molecule has 0 saturated carbocycles. The Morgan fingerprint density at radius 3 is 2.38 bits per heavy atom. The van der Waals surface area contributed by atoms with Crippen LogP contribution >= 0.6 is 0 Å². The largest absolute Gasteiger partial charge is 0.444 e. The highest BCUT2D eigenvalue weighted by Gasteiger charge is 2.27. The van der Waals surface area contributed by atoms with Crippen LogP contribution in [-0.4, -0.2) is 58.7 Å². The smallest absolute Gasteiger partial charge is 0.410 e. The van der Waals surface area contributed by atoms with E-state index >= 15 is 0 Å². The summed E-state index contributed by atoms with van der Waals surface area (Å²) in [7, 11) is 0. The van der Waals surface area contributed by atoms with Gasteiger partial charge in [0.15, 0.2) is 0 Å². The van der Waals surface area contributed by atoms with Crippen LogP contribution in [0.3, 0.4) is 0 Å². The first-order valence-electron chi connectivity index (χ1n) is 8.83. The van der Waals surface area contributed by atoms with E-state index < -0.39 is 29.5 Å². The van der Waals surface area contributed by atoms with Gasteiger partial charge in [-0.2, -0.15) is 0 Å². The minimum atomic E-state index is -0.783. The molecule has 144 valence electrons. The van der Waals surface area contributed by atoms with Crippen LogP contribution in [0.15, 0.2) is 18.2 Å². The maximum Gasteiger partial charge on any atom is 0.410 e. The van der Waals surface area contributed by atoms with Crippen molar-refractivity contribution < 1.29 is 23.8 Å². The number of carbonyl (C=O) groups excluding carboxylic acids is 2. The maximum absolute atomic E-state index is 14.1. The van der Waals surface area contributed by atoms with E-state index in [0.717, 1.165) is 0 Å². The second-order valence-corrected chi connectivity index (χ2v) is 7.53. The Balaban J connectivity index is 2.08. The molecule has 1 heterocycles. The molecule has 7 heteroatoms. The molecule has 0 spiro atoms. The minimum Gasteiger partial charge on any atom is -0.444 e. The lowest BCUT2D eigenvalue weighted by molar-refractivity contribution is 0.0255. The van der Waals surface area contributed by atoms with E-state index in [0.29, 0.717) is 38.2 Å². The van der Waals surface area contributed by atoms with Crippen molar-refractivity contribution in [3.8, 4) is 0 Å². The fourth-order valence-corrected chi connectivity index (χ4v) is 2.77. The molecule has 1 N–H and O–H groups in total. The number of ether oxygens (including phenoxy) is 1. The Morgan fingerprint density at radius 1 is 1.15 bits per heavy atom. The second-order valence-electron chi connectivity index (χ2n) is 7.53. The predicted octanol–water partition coefficient (Wildman–Crippen LogP) is 2.96. The average molecular weight is 366 g/mol. The molecule has 1 aliphatic rings. The van der Waals surface area contributed by atoms with Crippen LogP contribution in [-0.2, 0) is 4.74 Å². The van der Waals surface area contributed by atoms with Gasteiger partial charge in [-0.3, -0.25) is 4.79 Å². The highest BCUT2D eigenvalue weighted by atomic mass is 19.1. The fraction of sp³-hybridized carbons (Fsp3) is 0.579. The molecule has 0 bridgehead atoms. The van der Waals surface area contributed by atoms with Crippen molar-refractivity contribution in [2.24, 2.45) is 0 Å². The standard InChI is InChI=1S/C19H27FN2O4/c1-13(23)14-6-7-16(20)15(12-14)17(24)21-8-5-9-22(11-10-21)18(25)26-19(2,3)4/h6-7,12-13,23H,5,8-11H2,1-4H3. The number of halogens is 1. The first kappa shape index (κ1) is 20.2. The normalized spacial score (nSPS) is 16.8. The summed E-state index contributed by atoms with van der Waals surface area (Å²) >= 11 is 0. The monoisotopic (exact) mass is 366 g/mol. The highest BCUT2D eigenvalue weighted by Crippen LogP contribution is 2.19. The van der Waals surface area contributed by atoms with Crippen molar-refractivity contribution in [3.05, 3.63) is 35.1 Å². The van der Waals surface area contributed by atoms with Gasteiger partial charge in [0.1, 0.15) is 11.4 Å². The molecule has 0 aromatic heterocycles. The molecule has 6 nitrogen and oxygen atoms in total. The number of benzene rings is 1. The zero-order valence-electron chi connectivity index (χ0n) is 15.8. The molecule has 1 saturated heterocycles. The van der Waals surface area contributed by atoms with Crippen LogP contribution in [0.1, 0.15) is 56.1 Å². The number of amides is 2. The third kappa shape index (κ3) is 5.17. The molecular formula is C19H27FN2O4. The van der Waals surface area contributed by atoms with Crippen molar-refractivity contribution in [1.82, 2.24) is 9.80 Å². The van der Waals surface area contributed by atoms with E-state index in [1.807, 2.05) is 0 Å². The molecule has 1 aliphatic heterocycles. The van der Waals surface area contributed by atoms with E-state index in [9.17, 15) is 19.1 Å². The topological polar surface area (TPSA) is 70.1 Å². The van der Waals surface area contributed by atoms with Gasteiger partial charge in [-0.25, -0.2) is 9.18 Å². The molecule has 1 aromatic carbocycles. The van der Waals surface area contributed by atoms with Crippen LogP contribution in [0.25, 0.3) is 0 Å². The molecule has 2 amide bonds. The van der Waals surface area contributed by atoms with Gasteiger partial charge in [-0.1, -0.05) is 6.07 Å². The van der Waals surface area contributed by atoms with Gasteiger partial charge < -0.3 is 19.6 Å². The van der Waals surface area contributed by atoms with Crippen LogP contribution in [0.5, 0.6) is 0 Å². The number of nitrogens with zero attached hydrogens (tertiary/aromatic N) is 2. The Kier molecular flexibility index (Phi) is 6.23. The molecule has 1 unspecified atom stereocenters. The summed E-state index contributed by atoms with van der Waals surface area (Å²) in [5.41, 5.74) is -0.155. The molecule has 26 heavy (non-hydrogen) atoms. The molecule has 1 aromatic rings. The van der Waals surface area contributed by atoms with Gasteiger partial charge in [0.05, 0.1) is 11.7 Å². The lowest BCUT2D eigenvalue weighted by atomic mass is 10.1. The number of hydrogen-bond acceptors (Lipinski definition) is 4. The summed E-state index contributed by atoms with van der Waals surface area (Å²) in [5.74, 6) is -1.05. The summed E-state index contributed by atoms with van der Waals surface area (Å²) in [6, 6.07) is 4.04. The lowest BCUT2D eigenvalue weighted by Gasteiger charge is -2.26. The van der Waals surface area contributed by atoms with Crippen LogP contribution in [0.2, 0.25) is 0 Å². The van der Waals surface area contributed by atoms with Gasteiger partial charge in [0, 0.05) is 26.2 Å². The Labute approximate surface area is 153 Å². The van der Waals surface area contributed by atoms with Crippen molar-refractivity contribution >= 4 is 12.0 Å². The quantitative estimate of drug-likeness (QED) is 0.874. The molecule has 1 fully saturated rings. The Bertz CT molecular complexity index is 670. The van der Waals surface area contributed by atoms with Gasteiger partial charge in [-0.05, 0) is 51.8 Å². The average Bonchev–Trinajstić information content (AvgIpc) is 2.79. The number of rotatable bonds is 2.